The third-order valence-corrected chi connectivity index (χ3v) is 9.01. The fourth-order valence-corrected chi connectivity index (χ4v) is 6.32. The summed E-state index contributed by atoms with van der Waals surface area (Å²) in [5.41, 5.74) is 11.8. The molecule has 2 aliphatic rings. The smallest absolute Gasteiger partial charge is 0.208 e. The van der Waals surface area contributed by atoms with E-state index in [9.17, 15) is 9.90 Å². The fraction of sp³-hybridized carbons (Fsp3) is 0.333. The van der Waals surface area contributed by atoms with Gasteiger partial charge in [0.1, 0.15) is 12.3 Å². The van der Waals surface area contributed by atoms with Crippen molar-refractivity contribution in [3.05, 3.63) is 130 Å². The van der Waals surface area contributed by atoms with E-state index in [-0.39, 0.29) is 11.5 Å². The summed E-state index contributed by atoms with van der Waals surface area (Å²) >= 11 is 0. The predicted octanol–water partition coefficient (Wildman–Crippen LogP) is 10.2. The zero-order valence-electron chi connectivity index (χ0n) is 28.8. The molecule has 46 heavy (non-hydrogen) atoms. The third kappa shape index (κ3) is 7.02. The van der Waals surface area contributed by atoms with Gasteiger partial charge >= 0.3 is 0 Å². The van der Waals surface area contributed by atoms with Gasteiger partial charge in [0.15, 0.2) is 0 Å². The molecule has 0 heterocycles. The number of Topliss-reactive ketones (excluding diaryl/α,β-unsaturated/α-hetero) is 1. The first-order valence-electron chi connectivity index (χ1n) is 16.7. The van der Waals surface area contributed by atoms with Gasteiger partial charge in [-0.3, -0.25) is 4.79 Å². The molecule has 0 spiro atoms. The Kier molecular flexibility index (Phi) is 9.96. The van der Waals surface area contributed by atoms with E-state index in [0.717, 1.165) is 48.5 Å². The lowest BCUT2D eigenvalue weighted by atomic mass is 9.80. The van der Waals surface area contributed by atoms with Crippen molar-refractivity contribution in [3.63, 3.8) is 0 Å². The Labute approximate surface area is 275 Å². The number of carbonyl (C=O) groups excluding carboxylic acids is 1. The number of rotatable bonds is 10. The predicted molar refractivity (Wildman–Crippen MR) is 194 cm³/mol. The lowest BCUT2D eigenvalue weighted by Crippen LogP contribution is -2.24. The van der Waals surface area contributed by atoms with Gasteiger partial charge in [0.2, 0.25) is 17.2 Å². The quantitative estimate of drug-likeness (QED) is 0.183. The second kappa shape index (κ2) is 13.9. The SMILES string of the molecule is Cc1ccc(N(CCC(C)C)c2ccc(C3=C(O)C(=C4C=CC(=[N+](CCC(C)C)c5ccc(C)cc5C)C=C4)C3=O)cc2)c(C)c1. The highest BCUT2D eigenvalue weighted by Crippen LogP contribution is 2.40. The summed E-state index contributed by atoms with van der Waals surface area (Å²) in [6.07, 6.45) is 10.2. The van der Waals surface area contributed by atoms with Crippen molar-refractivity contribution in [3.8, 4) is 0 Å². The molecule has 0 saturated heterocycles. The molecule has 0 radical (unpaired) electrons. The second-order valence-corrected chi connectivity index (χ2v) is 13.8. The van der Waals surface area contributed by atoms with Gasteiger partial charge in [-0.25, -0.2) is 0 Å². The third-order valence-electron chi connectivity index (χ3n) is 9.01. The van der Waals surface area contributed by atoms with Gasteiger partial charge in [0, 0.05) is 48.1 Å². The van der Waals surface area contributed by atoms with Crippen LogP contribution in [0.25, 0.3) is 5.57 Å². The molecule has 4 nitrogen and oxygen atoms in total. The number of aliphatic hydroxyl groups excluding tert-OH is 1. The summed E-state index contributed by atoms with van der Waals surface area (Å²) in [6.45, 7) is 19.3. The molecule has 0 bridgehead atoms. The van der Waals surface area contributed by atoms with Crippen LogP contribution >= 0.6 is 0 Å². The highest BCUT2D eigenvalue weighted by molar-refractivity contribution is 6.39. The maximum absolute atomic E-state index is 13.5. The maximum atomic E-state index is 13.5. The van der Waals surface area contributed by atoms with E-state index < -0.39 is 0 Å². The van der Waals surface area contributed by atoms with Gasteiger partial charge < -0.3 is 10.0 Å². The molecule has 5 rings (SSSR count). The number of anilines is 2. The van der Waals surface area contributed by atoms with Crippen LogP contribution in [-0.2, 0) is 4.79 Å². The Bertz CT molecular complexity index is 1780. The first-order valence-corrected chi connectivity index (χ1v) is 16.7. The van der Waals surface area contributed by atoms with E-state index >= 15 is 0 Å². The van der Waals surface area contributed by atoms with Gasteiger partial charge in [0.25, 0.3) is 0 Å². The average Bonchev–Trinajstić information content (AvgIpc) is 3.00. The van der Waals surface area contributed by atoms with Crippen LogP contribution in [-0.4, -0.2) is 34.3 Å². The van der Waals surface area contributed by atoms with E-state index in [1.165, 1.54) is 33.6 Å². The number of allylic oxidation sites excluding steroid dienone is 7. The number of ketones is 1. The number of hydrogen-bond acceptors (Lipinski definition) is 3. The number of aryl methyl sites for hydroxylation is 4. The minimum atomic E-state index is -0.116. The summed E-state index contributed by atoms with van der Waals surface area (Å²) in [5.74, 6) is 1.12. The van der Waals surface area contributed by atoms with Crippen molar-refractivity contribution >= 4 is 34.1 Å². The number of aliphatic hydroxyl groups is 1. The van der Waals surface area contributed by atoms with Crippen LogP contribution < -0.4 is 4.90 Å². The molecule has 1 N–H and O–H groups in total. The zero-order chi connectivity index (χ0) is 33.1. The summed E-state index contributed by atoms with van der Waals surface area (Å²) in [4.78, 5) is 15.8. The first kappa shape index (κ1) is 32.9. The van der Waals surface area contributed by atoms with E-state index in [1.807, 2.05) is 24.3 Å². The molecule has 0 unspecified atom stereocenters. The Balaban J connectivity index is 1.42. The van der Waals surface area contributed by atoms with Crippen LogP contribution in [0, 0.1) is 39.5 Å². The molecule has 238 valence electrons. The largest absolute Gasteiger partial charge is 0.506 e. The maximum Gasteiger partial charge on any atom is 0.208 e. The molecule has 3 aromatic rings. The van der Waals surface area contributed by atoms with Crippen molar-refractivity contribution in [2.24, 2.45) is 11.8 Å². The monoisotopic (exact) mass is 613 g/mol. The lowest BCUT2D eigenvalue weighted by Gasteiger charge is -2.28. The first-order chi connectivity index (χ1) is 21.9. The molecule has 0 amide bonds. The minimum absolute atomic E-state index is 0.0718. The number of carbonyl (C=O) groups is 1. The molecule has 2 aliphatic carbocycles. The van der Waals surface area contributed by atoms with Gasteiger partial charge in [-0.2, -0.15) is 4.58 Å². The average molecular weight is 614 g/mol. The number of benzene rings is 3. The summed E-state index contributed by atoms with van der Waals surface area (Å²) < 4.78 is 2.36. The van der Waals surface area contributed by atoms with Crippen LogP contribution in [0.5, 0.6) is 0 Å². The second-order valence-electron chi connectivity index (χ2n) is 13.8. The molecule has 0 atom stereocenters. The van der Waals surface area contributed by atoms with Gasteiger partial charge in [-0.15, -0.1) is 0 Å². The highest BCUT2D eigenvalue weighted by Gasteiger charge is 2.37. The van der Waals surface area contributed by atoms with Crippen molar-refractivity contribution in [2.45, 2.75) is 68.2 Å². The minimum Gasteiger partial charge on any atom is -0.506 e. The van der Waals surface area contributed by atoms with E-state index in [0.29, 0.717) is 23.0 Å². The van der Waals surface area contributed by atoms with Gasteiger partial charge in [-0.05, 0) is 99.1 Å². The van der Waals surface area contributed by atoms with Crippen LogP contribution in [0.2, 0.25) is 0 Å². The summed E-state index contributed by atoms with van der Waals surface area (Å²) in [6, 6.07) is 21.2. The van der Waals surface area contributed by atoms with E-state index in [2.05, 4.69) is 126 Å². The Morgan fingerprint density at radius 2 is 1.33 bits per heavy atom. The Morgan fingerprint density at radius 1 is 0.717 bits per heavy atom. The molecule has 3 aromatic carbocycles. The fourth-order valence-electron chi connectivity index (χ4n) is 6.32. The molecule has 0 aliphatic heterocycles. The summed E-state index contributed by atoms with van der Waals surface area (Å²) in [5, 5.41) is 11.2. The van der Waals surface area contributed by atoms with Crippen LogP contribution in [0.15, 0.2) is 102 Å². The van der Waals surface area contributed by atoms with Crippen LogP contribution in [0.3, 0.4) is 0 Å². The van der Waals surface area contributed by atoms with Crippen molar-refractivity contribution < 1.29 is 14.5 Å². The standard InChI is InChI=1S/C42H48N2O2/c1-27(2)21-23-43(37-19-9-29(5)25-31(37)7)35-15-11-33(12-16-35)39-41(45)40(42(39)46)34-13-17-36(18-14-34)44(24-22-28(3)4)38-20-10-30(6)26-32(38)8/h9-20,25-28H,21-24H2,1-8H3/p+1. The van der Waals surface area contributed by atoms with E-state index in [4.69, 9.17) is 0 Å². The van der Waals surface area contributed by atoms with E-state index in [1.54, 1.807) is 0 Å². The Morgan fingerprint density at radius 3 is 1.89 bits per heavy atom. The highest BCUT2D eigenvalue weighted by atomic mass is 16.3. The Hall–Kier alpha value is -4.44. The number of hydrogen-bond donors (Lipinski definition) is 1. The van der Waals surface area contributed by atoms with Crippen molar-refractivity contribution in [2.75, 3.05) is 18.0 Å². The molecular formula is C42H49N2O2+. The normalized spacial score (nSPS) is 14.6. The zero-order valence-corrected chi connectivity index (χ0v) is 28.8. The van der Waals surface area contributed by atoms with Gasteiger partial charge in [0.05, 0.1) is 11.1 Å². The van der Waals surface area contributed by atoms with Gasteiger partial charge in [-0.1, -0.05) is 69.2 Å². The number of nitrogens with zero attached hydrogens (tertiary/aromatic N) is 2. The molecule has 4 heteroatoms. The van der Waals surface area contributed by atoms with Crippen LogP contribution in [0.1, 0.15) is 68.4 Å². The van der Waals surface area contributed by atoms with Crippen molar-refractivity contribution in [1.82, 2.24) is 0 Å². The summed E-state index contributed by atoms with van der Waals surface area (Å²) in [7, 11) is 0. The van der Waals surface area contributed by atoms with Crippen LogP contribution in [0.4, 0.5) is 17.1 Å². The molecule has 0 fully saturated rings. The molecular weight excluding hydrogens is 564 g/mol. The lowest BCUT2D eigenvalue weighted by molar-refractivity contribution is -0.441. The molecule has 0 saturated carbocycles. The topological polar surface area (TPSA) is 43.5 Å². The molecule has 0 aromatic heterocycles. The van der Waals surface area contributed by atoms with Crippen molar-refractivity contribution in [1.29, 1.82) is 0 Å².